The van der Waals surface area contributed by atoms with Crippen molar-refractivity contribution in [3.63, 3.8) is 0 Å². The molecule has 2 aromatic heterocycles. The van der Waals surface area contributed by atoms with Crippen LogP contribution in [0.4, 0.5) is 0 Å². The number of hydrogen-bond donors (Lipinski definition) is 1. The van der Waals surface area contributed by atoms with Crippen molar-refractivity contribution < 1.29 is 9.53 Å². The van der Waals surface area contributed by atoms with Crippen LogP contribution in [0.25, 0.3) is 5.65 Å². The quantitative estimate of drug-likeness (QED) is 0.574. The van der Waals surface area contributed by atoms with Crippen LogP contribution in [0.1, 0.15) is 21.5 Å². The summed E-state index contributed by atoms with van der Waals surface area (Å²) in [7, 11) is 0. The van der Waals surface area contributed by atoms with E-state index in [1.165, 1.54) is 0 Å². The number of nitrogens with zero attached hydrogens (tertiary/aromatic N) is 3. The lowest BCUT2D eigenvalue weighted by molar-refractivity contribution is 0.0950. The Morgan fingerprint density at radius 3 is 2.56 bits per heavy atom. The van der Waals surface area contributed by atoms with Crippen molar-refractivity contribution in [3.05, 3.63) is 95.9 Å². The van der Waals surface area contributed by atoms with E-state index in [9.17, 15) is 4.79 Å². The largest absolute Gasteiger partial charge is 0.489 e. The molecule has 6 heteroatoms. The van der Waals surface area contributed by atoms with Crippen LogP contribution < -0.4 is 10.1 Å². The molecular formula is C21H18N4O2. The van der Waals surface area contributed by atoms with Crippen molar-refractivity contribution in [2.45, 2.75) is 13.2 Å². The van der Waals surface area contributed by atoms with E-state index in [1.807, 2.05) is 54.6 Å². The maximum atomic E-state index is 12.3. The second-order valence-corrected chi connectivity index (χ2v) is 6.12. The first-order chi connectivity index (χ1) is 13.3. The number of hydrogen-bond acceptors (Lipinski definition) is 4. The molecule has 4 rings (SSSR count). The van der Waals surface area contributed by atoms with Crippen LogP contribution in [-0.4, -0.2) is 20.5 Å². The van der Waals surface area contributed by atoms with Gasteiger partial charge in [-0.2, -0.15) is 0 Å². The van der Waals surface area contributed by atoms with E-state index in [4.69, 9.17) is 4.74 Å². The molecule has 0 aliphatic heterocycles. The Labute approximate surface area is 156 Å². The van der Waals surface area contributed by atoms with E-state index in [0.717, 1.165) is 16.9 Å². The van der Waals surface area contributed by atoms with Crippen LogP contribution in [0.2, 0.25) is 0 Å². The molecule has 4 aromatic rings. The summed E-state index contributed by atoms with van der Waals surface area (Å²) >= 11 is 0. The molecular weight excluding hydrogens is 340 g/mol. The number of pyridine rings is 1. The zero-order chi connectivity index (χ0) is 18.5. The van der Waals surface area contributed by atoms with Crippen LogP contribution in [0, 0.1) is 0 Å². The smallest absolute Gasteiger partial charge is 0.253 e. The number of amides is 1. The number of rotatable bonds is 6. The minimum Gasteiger partial charge on any atom is -0.489 e. The van der Waals surface area contributed by atoms with Gasteiger partial charge in [0.2, 0.25) is 0 Å². The van der Waals surface area contributed by atoms with E-state index in [-0.39, 0.29) is 5.91 Å². The monoisotopic (exact) mass is 358 g/mol. The first-order valence-electron chi connectivity index (χ1n) is 8.61. The predicted molar refractivity (Wildman–Crippen MR) is 101 cm³/mol. The Bertz CT molecular complexity index is 1040. The lowest BCUT2D eigenvalue weighted by Crippen LogP contribution is -2.23. The van der Waals surface area contributed by atoms with Crippen molar-refractivity contribution in [2.24, 2.45) is 0 Å². The molecule has 0 spiro atoms. The summed E-state index contributed by atoms with van der Waals surface area (Å²) in [5.74, 6) is 0.709. The van der Waals surface area contributed by atoms with Gasteiger partial charge in [0.25, 0.3) is 5.91 Å². The Hall–Kier alpha value is -3.67. The summed E-state index contributed by atoms with van der Waals surface area (Å²) in [6.07, 6.45) is 3.29. The SMILES string of the molecule is O=C(NCc1ccc(COc2ccccc2)cc1)c1ccc2nncn2c1. The van der Waals surface area contributed by atoms with E-state index < -0.39 is 0 Å². The van der Waals surface area contributed by atoms with Gasteiger partial charge < -0.3 is 10.1 Å². The van der Waals surface area contributed by atoms with E-state index in [1.54, 1.807) is 29.1 Å². The van der Waals surface area contributed by atoms with Gasteiger partial charge >= 0.3 is 0 Å². The lowest BCUT2D eigenvalue weighted by Gasteiger charge is -2.08. The zero-order valence-electron chi connectivity index (χ0n) is 14.6. The molecule has 0 saturated carbocycles. The minimum absolute atomic E-state index is 0.137. The van der Waals surface area contributed by atoms with Gasteiger partial charge in [0.05, 0.1) is 5.56 Å². The molecule has 0 aliphatic rings. The topological polar surface area (TPSA) is 68.5 Å². The van der Waals surface area contributed by atoms with Gasteiger partial charge in [-0.05, 0) is 35.4 Å². The molecule has 0 aliphatic carbocycles. The minimum atomic E-state index is -0.137. The molecule has 1 N–H and O–H groups in total. The number of benzene rings is 2. The van der Waals surface area contributed by atoms with Crippen LogP contribution >= 0.6 is 0 Å². The second kappa shape index (κ2) is 7.70. The van der Waals surface area contributed by atoms with Gasteiger partial charge in [-0.1, -0.05) is 42.5 Å². The molecule has 0 bridgehead atoms. The number of carbonyl (C=O) groups excluding carboxylic acids is 1. The van der Waals surface area contributed by atoms with E-state index in [0.29, 0.717) is 24.4 Å². The Morgan fingerprint density at radius 1 is 0.963 bits per heavy atom. The summed E-state index contributed by atoms with van der Waals surface area (Å²) < 4.78 is 7.45. The van der Waals surface area contributed by atoms with Crippen LogP contribution in [-0.2, 0) is 13.2 Å². The molecule has 2 heterocycles. The molecule has 0 unspecified atom stereocenters. The molecule has 2 aromatic carbocycles. The highest BCUT2D eigenvalue weighted by Gasteiger charge is 2.07. The number of fused-ring (bicyclic) bond motifs is 1. The van der Waals surface area contributed by atoms with E-state index >= 15 is 0 Å². The fourth-order valence-corrected chi connectivity index (χ4v) is 2.68. The van der Waals surface area contributed by atoms with Crippen molar-refractivity contribution >= 4 is 11.6 Å². The maximum Gasteiger partial charge on any atom is 0.253 e. The van der Waals surface area contributed by atoms with Gasteiger partial charge in [0.15, 0.2) is 5.65 Å². The normalized spacial score (nSPS) is 10.7. The van der Waals surface area contributed by atoms with Gasteiger partial charge in [-0.15, -0.1) is 10.2 Å². The van der Waals surface area contributed by atoms with E-state index in [2.05, 4.69) is 15.5 Å². The third kappa shape index (κ3) is 4.12. The fourth-order valence-electron chi connectivity index (χ4n) is 2.68. The molecule has 0 fully saturated rings. The molecule has 0 saturated heterocycles. The summed E-state index contributed by atoms with van der Waals surface area (Å²) in [4.78, 5) is 12.3. The van der Waals surface area contributed by atoms with Gasteiger partial charge in [0.1, 0.15) is 18.7 Å². The molecule has 0 radical (unpaired) electrons. The second-order valence-electron chi connectivity index (χ2n) is 6.12. The van der Waals surface area contributed by atoms with Crippen molar-refractivity contribution in [2.75, 3.05) is 0 Å². The number of carbonyl (C=O) groups is 1. The number of aromatic nitrogens is 3. The highest BCUT2D eigenvalue weighted by Crippen LogP contribution is 2.12. The summed E-state index contributed by atoms with van der Waals surface area (Å²) in [5, 5.41) is 10.7. The van der Waals surface area contributed by atoms with Crippen LogP contribution in [0.15, 0.2) is 79.3 Å². The molecule has 1 amide bonds. The first kappa shape index (κ1) is 16.8. The van der Waals surface area contributed by atoms with Crippen molar-refractivity contribution in [1.82, 2.24) is 19.9 Å². The number of para-hydroxylation sites is 1. The van der Waals surface area contributed by atoms with Crippen LogP contribution in [0.3, 0.4) is 0 Å². The molecule has 0 atom stereocenters. The lowest BCUT2D eigenvalue weighted by atomic mass is 10.1. The fraction of sp³-hybridized carbons (Fsp3) is 0.0952. The van der Waals surface area contributed by atoms with Gasteiger partial charge in [-0.3, -0.25) is 9.20 Å². The zero-order valence-corrected chi connectivity index (χ0v) is 14.6. The maximum absolute atomic E-state index is 12.3. The van der Waals surface area contributed by atoms with Crippen LogP contribution in [0.5, 0.6) is 5.75 Å². The predicted octanol–water partition coefficient (Wildman–Crippen LogP) is 3.24. The summed E-state index contributed by atoms with van der Waals surface area (Å²) in [6, 6.07) is 21.2. The Kier molecular flexibility index (Phi) is 4.78. The highest BCUT2D eigenvalue weighted by atomic mass is 16.5. The van der Waals surface area contributed by atoms with Gasteiger partial charge in [-0.25, -0.2) is 0 Å². The molecule has 134 valence electrons. The van der Waals surface area contributed by atoms with Crippen molar-refractivity contribution in [3.8, 4) is 5.75 Å². The first-order valence-corrected chi connectivity index (χ1v) is 8.61. The summed E-state index contributed by atoms with van der Waals surface area (Å²) in [5.41, 5.74) is 3.37. The standard InChI is InChI=1S/C21H18N4O2/c26-21(18-10-11-20-24-23-15-25(20)13-18)22-12-16-6-8-17(9-7-16)14-27-19-4-2-1-3-5-19/h1-11,13,15H,12,14H2,(H,22,26). The Balaban J connectivity index is 1.32. The van der Waals surface area contributed by atoms with Gasteiger partial charge in [0, 0.05) is 12.7 Å². The third-order valence-corrected chi connectivity index (χ3v) is 4.18. The third-order valence-electron chi connectivity index (χ3n) is 4.18. The summed E-state index contributed by atoms with van der Waals surface area (Å²) in [6.45, 7) is 0.967. The Morgan fingerprint density at radius 2 is 1.74 bits per heavy atom. The van der Waals surface area contributed by atoms with Crippen molar-refractivity contribution in [1.29, 1.82) is 0 Å². The average Bonchev–Trinajstić information content (AvgIpc) is 3.20. The number of ether oxygens (including phenoxy) is 1. The molecule has 27 heavy (non-hydrogen) atoms. The average molecular weight is 358 g/mol. The highest BCUT2D eigenvalue weighted by molar-refractivity contribution is 5.94. The molecule has 6 nitrogen and oxygen atoms in total. The number of nitrogens with one attached hydrogen (secondary N) is 1.